The number of nitrogens with one attached hydrogen (secondary N) is 1. The zero-order valence-corrected chi connectivity index (χ0v) is 12.9. The van der Waals surface area contributed by atoms with Gasteiger partial charge >= 0.3 is 5.97 Å². The van der Waals surface area contributed by atoms with E-state index >= 15 is 0 Å². The first kappa shape index (κ1) is 15.0. The maximum absolute atomic E-state index is 12.4. The van der Waals surface area contributed by atoms with Gasteiger partial charge in [0.05, 0.1) is 24.6 Å². The summed E-state index contributed by atoms with van der Waals surface area (Å²) in [5.41, 5.74) is 0.0449. The fourth-order valence-electron chi connectivity index (χ4n) is 2.61. The summed E-state index contributed by atoms with van der Waals surface area (Å²) in [5, 5.41) is 3.02. The minimum atomic E-state index is -0.479. The van der Waals surface area contributed by atoms with E-state index in [4.69, 9.17) is 4.74 Å². The third kappa shape index (κ3) is 3.36. The molecule has 6 heteroatoms. The van der Waals surface area contributed by atoms with Gasteiger partial charge in [0.25, 0.3) is 5.91 Å². The number of methoxy groups -OCH3 is 1. The number of carbonyl (C=O) groups is 2. The summed E-state index contributed by atoms with van der Waals surface area (Å²) in [4.78, 5) is 27.9. The highest BCUT2D eigenvalue weighted by molar-refractivity contribution is 9.10. The molecule has 1 heterocycles. The summed E-state index contributed by atoms with van der Waals surface area (Å²) >= 11 is 3.31. The van der Waals surface area contributed by atoms with Crippen LogP contribution < -0.4 is 5.32 Å². The highest BCUT2D eigenvalue weighted by Crippen LogP contribution is 2.33. The van der Waals surface area contributed by atoms with E-state index in [2.05, 4.69) is 26.2 Å². The van der Waals surface area contributed by atoms with Gasteiger partial charge < -0.3 is 10.1 Å². The van der Waals surface area contributed by atoms with E-state index in [1.807, 2.05) is 0 Å². The maximum Gasteiger partial charge on any atom is 0.307 e. The van der Waals surface area contributed by atoms with Crippen molar-refractivity contribution < 1.29 is 14.3 Å². The van der Waals surface area contributed by atoms with Gasteiger partial charge in [0, 0.05) is 16.9 Å². The molecule has 1 fully saturated rings. The van der Waals surface area contributed by atoms with Crippen LogP contribution in [0, 0.1) is 0 Å². The van der Waals surface area contributed by atoms with Gasteiger partial charge in [-0.15, -0.1) is 0 Å². The van der Waals surface area contributed by atoms with Crippen molar-refractivity contribution in [1.29, 1.82) is 0 Å². The van der Waals surface area contributed by atoms with Crippen LogP contribution in [0.15, 0.2) is 22.9 Å². The zero-order valence-electron chi connectivity index (χ0n) is 11.3. The Bertz CT molecular complexity index is 513. The first-order valence-corrected chi connectivity index (χ1v) is 7.34. The number of halogens is 1. The molecule has 1 N–H and O–H groups in total. The van der Waals surface area contributed by atoms with Gasteiger partial charge in [-0.1, -0.05) is 12.8 Å². The first-order valence-electron chi connectivity index (χ1n) is 6.55. The third-order valence-electron chi connectivity index (χ3n) is 3.67. The lowest BCUT2D eigenvalue weighted by molar-refractivity contribution is -0.142. The number of hydrogen-bond acceptors (Lipinski definition) is 4. The molecule has 1 aliphatic carbocycles. The van der Waals surface area contributed by atoms with Crippen LogP contribution in [0.5, 0.6) is 0 Å². The highest BCUT2D eigenvalue weighted by Gasteiger charge is 2.38. The molecule has 0 spiro atoms. The Kier molecular flexibility index (Phi) is 4.75. The van der Waals surface area contributed by atoms with E-state index in [0.29, 0.717) is 10.0 Å². The van der Waals surface area contributed by atoms with Crippen LogP contribution in [0.1, 0.15) is 42.5 Å². The molecule has 108 valence electrons. The predicted octanol–water partition coefficient (Wildman–Crippen LogP) is 2.45. The second-order valence-electron chi connectivity index (χ2n) is 5.05. The number of pyridine rings is 1. The second kappa shape index (κ2) is 6.35. The number of carbonyl (C=O) groups excluding carboxylic acids is 2. The van der Waals surface area contributed by atoms with E-state index in [1.165, 1.54) is 7.11 Å². The van der Waals surface area contributed by atoms with Crippen molar-refractivity contribution in [3.05, 3.63) is 28.5 Å². The monoisotopic (exact) mass is 340 g/mol. The van der Waals surface area contributed by atoms with Crippen molar-refractivity contribution >= 4 is 27.8 Å². The number of ether oxygens (including phenoxy) is 1. The third-order valence-corrected chi connectivity index (χ3v) is 4.30. The molecule has 0 bridgehead atoms. The normalized spacial score (nSPS) is 16.7. The minimum absolute atomic E-state index is 0.190. The number of aromatic nitrogens is 1. The fraction of sp³-hybridized carbons (Fsp3) is 0.500. The Morgan fingerprint density at radius 3 is 2.75 bits per heavy atom. The second-order valence-corrected chi connectivity index (χ2v) is 5.90. The average Bonchev–Trinajstić information content (AvgIpc) is 2.87. The Morgan fingerprint density at radius 2 is 2.15 bits per heavy atom. The van der Waals surface area contributed by atoms with Crippen molar-refractivity contribution in [3.63, 3.8) is 0 Å². The average molecular weight is 341 g/mol. The molecule has 2 rings (SSSR count). The highest BCUT2D eigenvalue weighted by atomic mass is 79.9. The molecular formula is C14H17BrN2O3. The summed E-state index contributed by atoms with van der Waals surface area (Å²) in [6, 6.07) is 1.65. The molecule has 1 amide bonds. The van der Waals surface area contributed by atoms with E-state index in [1.54, 1.807) is 18.5 Å². The molecule has 0 aromatic carbocycles. The van der Waals surface area contributed by atoms with Gasteiger partial charge in [0.15, 0.2) is 0 Å². The summed E-state index contributed by atoms with van der Waals surface area (Å²) in [7, 11) is 1.37. The molecule has 0 saturated heterocycles. The largest absolute Gasteiger partial charge is 0.469 e. The lowest BCUT2D eigenvalue weighted by Crippen LogP contribution is -2.48. The van der Waals surface area contributed by atoms with Crippen LogP contribution in [-0.2, 0) is 9.53 Å². The fourth-order valence-corrected chi connectivity index (χ4v) is 3.04. The number of esters is 1. The zero-order chi connectivity index (χ0) is 14.6. The molecule has 1 aromatic heterocycles. The quantitative estimate of drug-likeness (QED) is 0.855. The molecule has 5 nitrogen and oxygen atoms in total. The van der Waals surface area contributed by atoms with Crippen LogP contribution in [0.3, 0.4) is 0 Å². The number of hydrogen-bond donors (Lipinski definition) is 1. The Labute approximate surface area is 126 Å². The molecule has 0 aliphatic heterocycles. The number of nitrogens with zero attached hydrogens (tertiary/aromatic N) is 1. The molecular weight excluding hydrogens is 324 g/mol. The summed E-state index contributed by atoms with van der Waals surface area (Å²) < 4.78 is 5.38. The number of rotatable bonds is 4. The molecule has 1 aromatic rings. The molecule has 20 heavy (non-hydrogen) atoms. The Hall–Kier alpha value is -1.43. The van der Waals surface area contributed by atoms with Gasteiger partial charge in [0.1, 0.15) is 0 Å². The summed E-state index contributed by atoms with van der Waals surface area (Å²) in [6.07, 6.45) is 6.99. The summed E-state index contributed by atoms with van der Waals surface area (Å²) in [5.74, 6) is -0.480. The van der Waals surface area contributed by atoms with Gasteiger partial charge in [-0.3, -0.25) is 14.6 Å². The lowest BCUT2D eigenvalue weighted by atomic mass is 9.92. The SMILES string of the molecule is COC(=O)CC1(NC(=O)c2ccncc2Br)CCCC1. The van der Waals surface area contributed by atoms with Crippen molar-refractivity contribution in [1.82, 2.24) is 10.3 Å². The predicted molar refractivity (Wildman–Crippen MR) is 77.2 cm³/mol. The smallest absolute Gasteiger partial charge is 0.307 e. The first-order chi connectivity index (χ1) is 9.56. The van der Waals surface area contributed by atoms with Crippen molar-refractivity contribution in [2.75, 3.05) is 7.11 Å². The molecule has 1 saturated carbocycles. The van der Waals surface area contributed by atoms with E-state index in [0.717, 1.165) is 25.7 Å². The van der Waals surface area contributed by atoms with Crippen molar-refractivity contribution in [2.45, 2.75) is 37.6 Å². The van der Waals surface area contributed by atoms with Crippen molar-refractivity contribution in [2.24, 2.45) is 0 Å². The van der Waals surface area contributed by atoms with Crippen LogP contribution >= 0.6 is 15.9 Å². The Morgan fingerprint density at radius 1 is 1.45 bits per heavy atom. The van der Waals surface area contributed by atoms with Crippen LogP contribution in [0.25, 0.3) is 0 Å². The topological polar surface area (TPSA) is 68.3 Å². The molecule has 0 radical (unpaired) electrons. The Balaban J connectivity index is 2.14. The molecule has 0 atom stereocenters. The van der Waals surface area contributed by atoms with Gasteiger partial charge in [-0.25, -0.2) is 0 Å². The van der Waals surface area contributed by atoms with Crippen molar-refractivity contribution in [3.8, 4) is 0 Å². The molecule has 1 aliphatic rings. The van der Waals surface area contributed by atoms with Crippen LogP contribution in [-0.4, -0.2) is 29.5 Å². The van der Waals surface area contributed by atoms with Crippen LogP contribution in [0.4, 0.5) is 0 Å². The molecule has 0 unspecified atom stereocenters. The van der Waals surface area contributed by atoms with Crippen LogP contribution in [0.2, 0.25) is 0 Å². The van der Waals surface area contributed by atoms with Gasteiger partial charge in [0.2, 0.25) is 0 Å². The van der Waals surface area contributed by atoms with Gasteiger partial charge in [-0.2, -0.15) is 0 Å². The van der Waals surface area contributed by atoms with E-state index in [-0.39, 0.29) is 18.3 Å². The minimum Gasteiger partial charge on any atom is -0.469 e. The van der Waals surface area contributed by atoms with E-state index in [9.17, 15) is 9.59 Å². The number of amides is 1. The lowest BCUT2D eigenvalue weighted by Gasteiger charge is -2.29. The maximum atomic E-state index is 12.4. The van der Waals surface area contributed by atoms with Gasteiger partial charge in [-0.05, 0) is 34.8 Å². The standard InChI is InChI=1S/C14H17BrN2O3/c1-20-12(18)8-14(5-2-3-6-14)17-13(19)10-4-7-16-9-11(10)15/h4,7,9H,2-3,5-6,8H2,1H3,(H,17,19). The summed E-state index contributed by atoms with van der Waals surface area (Å²) in [6.45, 7) is 0. The van der Waals surface area contributed by atoms with E-state index < -0.39 is 5.54 Å².